The van der Waals surface area contributed by atoms with Crippen molar-refractivity contribution in [2.75, 3.05) is 0 Å². The third-order valence-electron chi connectivity index (χ3n) is 3.04. The molecule has 2 aromatic heterocycles. The molecule has 21 heavy (non-hydrogen) atoms. The van der Waals surface area contributed by atoms with Crippen molar-refractivity contribution < 1.29 is 5.11 Å². The number of hydrogen-bond donors (Lipinski definition) is 1. The molecule has 6 heteroatoms. The number of nitrogens with zero attached hydrogens (tertiary/aromatic N) is 4. The molecular weight excluding hydrogens is 284 g/mol. The predicted molar refractivity (Wildman–Crippen MR) is 81.9 cm³/mol. The number of pyridine rings is 1. The van der Waals surface area contributed by atoms with Crippen LogP contribution in [0.25, 0.3) is 11.4 Å². The summed E-state index contributed by atoms with van der Waals surface area (Å²) in [5.74, 6) is 1.77. The molecule has 2 heterocycles. The fraction of sp³-hybridized carbons (Fsp3) is 0.133. The minimum absolute atomic E-state index is 0.241. The van der Waals surface area contributed by atoms with Crippen LogP contribution in [0.1, 0.15) is 5.69 Å². The Morgan fingerprint density at radius 2 is 1.90 bits per heavy atom. The molecule has 0 radical (unpaired) electrons. The monoisotopic (exact) mass is 298 g/mol. The summed E-state index contributed by atoms with van der Waals surface area (Å²) in [5, 5.41) is 18.6. The number of hydrogen-bond acceptors (Lipinski definition) is 5. The van der Waals surface area contributed by atoms with Gasteiger partial charge in [-0.3, -0.25) is 4.98 Å². The molecule has 1 aromatic carbocycles. The van der Waals surface area contributed by atoms with Crippen molar-refractivity contribution in [3.8, 4) is 17.1 Å². The molecule has 0 bridgehead atoms. The van der Waals surface area contributed by atoms with Crippen molar-refractivity contribution in [2.24, 2.45) is 7.05 Å². The Morgan fingerprint density at radius 3 is 2.62 bits per heavy atom. The number of aromatic nitrogens is 4. The molecule has 1 N–H and O–H groups in total. The second-order valence-electron chi connectivity index (χ2n) is 4.52. The zero-order chi connectivity index (χ0) is 14.7. The average Bonchev–Trinajstić information content (AvgIpc) is 2.88. The standard InChI is InChI=1S/C15H14N4OS/c1-19-14(11-5-7-13(20)8-6-11)17-18-15(19)21-10-12-4-2-3-9-16-12/h2-9,20H,10H2,1H3. The summed E-state index contributed by atoms with van der Waals surface area (Å²) in [6.45, 7) is 0. The second kappa shape index (κ2) is 5.97. The van der Waals surface area contributed by atoms with Gasteiger partial charge in [-0.25, -0.2) is 0 Å². The first-order valence-electron chi connectivity index (χ1n) is 6.45. The van der Waals surface area contributed by atoms with Crippen LogP contribution in [0.4, 0.5) is 0 Å². The van der Waals surface area contributed by atoms with E-state index in [2.05, 4.69) is 15.2 Å². The Hall–Kier alpha value is -2.34. The summed E-state index contributed by atoms with van der Waals surface area (Å²) in [7, 11) is 1.93. The second-order valence-corrected chi connectivity index (χ2v) is 5.46. The van der Waals surface area contributed by atoms with Crippen LogP contribution >= 0.6 is 11.8 Å². The van der Waals surface area contributed by atoms with E-state index in [1.54, 1.807) is 30.1 Å². The normalized spacial score (nSPS) is 10.7. The fourth-order valence-electron chi connectivity index (χ4n) is 1.92. The Kier molecular flexibility index (Phi) is 3.87. The maximum absolute atomic E-state index is 9.33. The summed E-state index contributed by atoms with van der Waals surface area (Å²) in [4.78, 5) is 4.29. The summed E-state index contributed by atoms with van der Waals surface area (Å²) in [5.41, 5.74) is 1.93. The van der Waals surface area contributed by atoms with Crippen LogP contribution in [0.2, 0.25) is 0 Å². The molecule has 3 aromatic rings. The van der Waals surface area contributed by atoms with Crippen LogP contribution in [0.15, 0.2) is 53.8 Å². The van der Waals surface area contributed by atoms with Gasteiger partial charge < -0.3 is 9.67 Å². The van der Waals surface area contributed by atoms with Gasteiger partial charge in [-0.2, -0.15) is 0 Å². The lowest BCUT2D eigenvalue weighted by atomic mass is 10.2. The Labute approximate surface area is 126 Å². The van der Waals surface area contributed by atoms with E-state index in [0.717, 1.165) is 28.0 Å². The highest BCUT2D eigenvalue weighted by molar-refractivity contribution is 7.98. The molecule has 0 aliphatic carbocycles. The number of aromatic hydroxyl groups is 1. The molecular formula is C15H14N4OS. The molecule has 0 saturated heterocycles. The first-order valence-corrected chi connectivity index (χ1v) is 7.44. The summed E-state index contributed by atoms with van der Waals surface area (Å²) >= 11 is 1.60. The number of benzene rings is 1. The first-order chi connectivity index (χ1) is 10.2. The van der Waals surface area contributed by atoms with Gasteiger partial charge in [0.25, 0.3) is 0 Å². The summed E-state index contributed by atoms with van der Waals surface area (Å²) < 4.78 is 1.94. The predicted octanol–water partition coefficient (Wildman–Crippen LogP) is 2.88. The van der Waals surface area contributed by atoms with Crippen molar-refractivity contribution in [1.82, 2.24) is 19.7 Å². The zero-order valence-corrected chi connectivity index (χ0v) is 12.3. The molecule has 0 unspecified atom stereocenters. The van der Waals surface area contributed by atoms with Crippen LogP contribution in [0.5, 0.6) is 5.75 Å². The van der Waals surface area contributed by atoms with E-state index in [9.17, 15) is 5.11 Å². The number of phenols is 1. The Morgan fingerprint density at radius 1 is 1.10 bits per heavy atom. The van der Waals surface area contributed by atoms with Gasteiger partial charge >= 0.3 is 0 Å². The maximum atomic E-state index is 9.33. The number of phenolic OH excluding ortho intramolecular Hbond substituents is 1. The highest BCUT2D eigenvalue weighted by Gasteiger charge is 2.11. The van der Waals surface area contributed by atoms with Crippen LogP contribution in [0, 0.1) is 0 Å². The summed E-state index contributed by atoms with van der Waals surface area (Å²) in [6.07, 6.45) is 1.79. The summed E-state index contributed by atoms with van der Waals surface area (Å²) in [6, 6.07) is 12.8. The first kappa shape index (κ1) is 13.6. The SMILES string of the molecule is Cn1c(SCc2ccccn2)nnc1-c1ccc(O)cc1. The van der Waals surface area contributed by atoms with Crippen molar-refractivity contribution in [2.45, 2.75) is 10.9 Å². The third-order valence-corrected chi connectivity index (χ3v) is 4.09. The topological polar surface area (TPSA) is 63.8 Å². The maximum Gasteiger partial charge on any atom is 0.191 e. The van der Waals surface area contributed by atoms with E-state index >= 15 is 0 Å². The van der Waals surface area contributed by atoms with E-state index < -0.39 is 0 Å². The van der Waals surface area contributed by atoms with Crippen LogP contribution in [-0.2, 0) is 12.8 Å². The van der Waals surface area contributed by atoms with Crippen LogP contribution < -0.4 is 0 Å². The van der Waals surface area contributed by atoms with Crippen molar-refractivity contribution in [1.29, 1.82) is 0 Å². The van der Waals surface area contributed by atoms with Gasteiger partial charge in [0.05, 0.1) is 5.69 Å². The minimum atomic E-state index is 0.241. The van der Waals surface area contributed by atoms with Gasteiger partial charge in [0.15, 0.2) is 11.0 Å². The largest absolute Gasteiger partial charge is 0.508 e. The van der Waals surface area contributed by atoms with Crippen molar-refractivity contribution in [3.63, 3.8) is 0 Å². The third kappa shape index (κ3) is 3.05. The van der Waals surface area contributed by atoms with E-state index in [1.807, 2.05) is 41.9 Å². The molecule has 0 aliphatic heterocycles. The van der Waals surface area contributed by atoms with Gasteiger partial charge in [0.2, 0.25) is 0 Å². The van der Waals surface area contributed by atoms with Gasteiger partial charge in [-0.05, 0) is 36.4 Å². The van der Waals surface area contributed by atoms with E-state index in [0.29, 0.717) is 0 Å². The van der Waals surface area contributed by atoms with Crippen LogP contribution in [-0.4, -0.2) is 24.9 Å². The van der Waals surface area contributed by atoms with Gasteiger partial charge in [0, 0.05) is 24.6 Å². The fourth-order valence-corrected chi connectivity index (χ4v) is 2.75. The van der Waals surface area contributed by atoms with Crippen molar-refractivity contribution in [3.05, 3.63) is 54.4 Å². The average molecular weight is 298 g/mol. The van der Waals surface area contributed by atoms with Gasteiger partial charge in [-0.1, -0.05) is 17.8 Å². The molecule has 0 spiro atoms. The highest BCUT2D eigenvalue weighted by atomic mass is 32.2. The smallest absolute Gasteiger partial charge is 0.191 e. The molecule has 0 fully saturated rings. The lowest BCUT2D eigenvalue weighted by molar-refractivity contribution is 0.475. The molecule has 106 valence electrons. The number of rotatable bonds is 4. The Balaban J connectivity index is 1.78. The molecule has 0 amide bonds. The van der Waals surface area contributed by atoms with E-state index in [4.69, 9.17) is 0 Å². The van der Waals surface area contributed by atoms with Gasteiger partial charge in [-0.15, -0.1) is 10.2 Å². The molecule has 0 saturated carbocycles. The van der Waals surface area contributed by atoms with E-state index in [1.165, 1.54) is 0 Å². The molecule has 5 nitrogen and oxygen atoms in total. The lowest BCUT2D eigenvalue weighted by Crippen LogP contribution is -1.95. The van der Waals surface area contributed by atoms with Crippen LogP contribution in [0.3, 0.4) is 0 Å². The van der Waals surface area contributed by atoms with Gasteiger partial charge in [0.1, 0.15) is 5.75 Å². The highest BCUT2D eigenvalue weighted by Crippen LogP contribution is 2.25. The van der Waals surface area contributed by atoms with E-state index in [-0.39, 0.29) is 5.75 Å². The van der Waals surface area contributed by atoms with Crippen molar-refractivity contribution >= 4 is 11.8 Å². The minimum Gasteiger partial charge on any atom is -0.508 e. The molecule has 0 atom stereocenters. The number of thioether (sulfide) groups is 1. The molecule has 3 rings (SSSR count). The Bertz CT molecular complexity index is 725. The lowest BCUT2D eigenvalue weighted by Gasteiger charge is -2.04. The zero-order valence-electron chi connectivity index (χ0n) is 11.5. The molecule has 0 aliphatic rings. The quantitative estimate of drug-likeness (QED) is 0.750.